The summed E-state index contributed by atoms with van der Waals surface area (Å²) in [5, 5.41) is 23.2. The summed E-state index contributed by atoms with van der Waals surface area (Å²) < 4.78 is 26.9. The van der Waals surface area contributed by atoms with Crippen LogP contribution in [0.2, 0.25) is 0 Å². The van der Waals surface area contributed by atoms with Crippen LogP contribution in [0.25, 0.3) is 22.0 Å². The van der Waals surface area contributed by atoms with Gasteiger partial charge >= 0.3 is 0 Å². The van der Waals surface area contributed by atoms with Crippen LogP contribution in [0.15, 0.2) is 42.7 Å². The molecule has 0 aliphatic heterocycles. The number of phenolic OH excluding ortho intramolecular Hbond substituents is 1. The van der Waals surface area contributed by atoms with Crippen LogP contribution < -0.4 is 5.32 Å². The average Bonchev–Trinajstić information content (AvgIpc) is 2.58. The van der Waals surface area contributed by atoms with E-state index in [2.05, 4.69) is 20.5 Å². The average molecular weight is 327 g/mol. The Balaban J connectivity index is 1.95. The van der Waals surface area contributed by atoms with Gasteiger partial charge in [0.15, 0.2) is 5.82 Å². The number of nitrogens with one attached hydrogen (secondary N) is 1. The minimum Gasteiger partial charge on any atom is -0.507 e. The molecule has 2 heterocycles. The largest absolute Gasteiger partial charge is 0.507 e. The first-order valence-corrected chi connectivity index (χ1v) is 7.49. The summed E-state index contributed by atoms with van der Waals surface area (Å²) in [6.45, 7) is 3.56. The number of ether oxygens (including phenoxy) is 1. The molecule has 0 atom stereocenters. The number of phenols is 1. The van der Waals surface area contributed by atoms with Crippen LogP contribution in [0.4, 0.5) is 5.82 Å². The molecular weight excluding hydrogens is 304 g/mol. The van der Waals surface area contributed by atoms with Crippen molar-refractivity contribution in [3.63, 3.8) is 0 Å². The van der Waals surface area contributed by atoms with E-state index in [0.29, 0.717) is 22.5 Å². The Morgan fingerprint density at radius 3 is 2.83 bits per heavy atom. The highest BCUT2D eigenvalue weighted by molar-refractivity contribution is 6.00. The molecule has 0 saturated heterocycles. The minimum absolute atomic E-state index is 0.109. The molecule has 3 rings (SSSR count). The number of hydrogen-bond donors (Lipinski definition) is 2. The molecule has 24 heavy (non-hydrogen) atoms. The Morgan fingerprint density at radius 2 is 2.04 bits per heavy atom. The molecule has 2 aromatic heterocycles. The second-order valence-electron chi connectivity index (χ2n) is 6.05. The summed E-state index contributed by atoms with van der Waals surface area (Å²) in [5.41, 5.74) is 0.158. The summed E-state index contributed by atoms with van der Waals surface area (Å²) in [6, 6.07) is 8.69. The van der Waals surface area contributed by atoms with Crippen molar-refractivity contribution in [2.24, 2.45) is 0 Å². The van der Waals surface area contributed by atoms with Gasteiger partial charge in [0.05, 0.1) is 9.71 Å². The Hall–Kier alpha value is -2.73. The number of para-hydroxylation sites is 1. The summed E-state index contributed by atoms with van der Waals surface area (Å²) in [4.78, 5) is 4.14. The summed E-state index contributed by atoms with van der Waals surface area (Å²) in [5.74, 6) is 0.567. The number of aromatic hydroxyl groups is 1. The van der Waals surface area contributed by atoms with Crippen molar-refractivity contribution in [2.75, 3.05) is 18.9 Å². The van der Waals surface area contributed by atoms with Crippen molar-refractivity contribution < 1.29 is 14.0 Å². The minimum atomic E-state index is -2.49. The van der Waals surface area contributed by atoms with E-state index in [1.54, 1.807) is 50.5 Å². The van der Waals surface area contributed by atoms with Crippen molar-refractivity contribution in [2.45, 2.75) is 19.4 Å². The van der Waals surface area contributed by atoms with E-state index >= 15 is 0 Å². The van der Waals surface area contributed by atoms with Crippen molar-refractivity contribution in [1.82, 2.24) is 15.2 Å². The second-order valence-corrected chi connectivity index (χ2v) is 6.05. The van der Waals surface area contributed by atoms with Crippen molar-refractivity contribution in [3.8, 4) is 17.0 Å². The van der Waals surface area contributed by atoms with Gasteiger partial charge in [0.25, 0.3) is 0 Å². The lowest BCUT2D eigenvalue weighted by atomic mass is 10.0. The first-order chi connectivity index (χ1) is 12.7. The van der Waals surface area contributed by atoms with Gasteiger partial charge < -0.3 is 15.2 Å². The number of fused-ring (bicyclic) bond motifs is 1. The van der Waals surface area contributed by atoms with E-state index < -0.39 is 12.6 Å². The van der Waals surface area contributed by atoms with Crippen molar-refractivity contribution in [3.05, 3.63) is 42.7 Å². The first-order valence-electron chi connectivity index (χ1n) is 8.99. The number of rotatable bonds is 5. The standard InChI is InChI=1S/C18H20N4O2/c1-18(2,24-3)11-20-17-14-10-19-9-8-12(14)16(21-22-17)13-6-4-5-7-15(13)23/h4-10,23H,11H2,1-3H3,(H,20,22)/i3D3. The second kappa shape index (κ2) is 6.41. The number of nitrogens with zero attached hydrogens (tertiary/aromatic N) is 3. The zero-order valence-electron chi connectivity index (χ0n) is 16.4. The fourth-order valence-electron chi connectivity index (χ4n) is 2.33. The highest BCUT2D eigenvalue weighted by Crippen LogP contribution is 2.33. The molecule has 124 valence electrons. The molecule has 0 saturated carbocycles. The number of hydrogen-bond acceptors (Lipinski definition) is 6. The molecule has 0 unspecified atom stereocenters. The predicted octanol–water partition coefficient (Wildman–Crippen LogP) is 3.23. The number of aromatic nitrogens is 3. The van der Waals surface area contributed by atoms with Crippen LogP contribution in [0.3, 0.4) is 0 Å². The molecule has 3 aromatic rings. The lowest BCUT2D eigenvalue weighted by Gasteiger charge is -2.23. The van der Waals surface area contributed by atoms with Crippen LogP contribution in [0.1, 0.15) is 18.0 Å². The highest BCUT2D eigenvalue weighted by atomic mass is 16.5. The van der Waals surface area contributed by atoms with Crippen LogP contribution in [0, 0.1) is 0 Å². The van der Waals surface area contributed by atoms with Gasteiger partial charge in [0.1, 0.15) is 11.4 Å². The van der Waals surface area contributed by atoms with Gasteiger partial charge in [-0.25, -0.2) is 0 Å². The Kier molecular flexibility index (Phi) is 3.38. The molecule has 2 N–H and O–H groups in total. The van der Waals surface area contributed by atoms with Gasteiger partial charge in [-0.2, -0.15) is 0 Å². The van der Waals surface area contributed by atoms with E-state index in [-0.39, 0.29) is 12.3 Å². The van der Waals surface area contributed by atoms with E-state index in [0.717, 1.165) is 5.39 Å². The zero-order chi connectivity index (χ0) is 19.7. The molecule has 6 heteroatoms. The summed E-state index contributed by atoms with van der Waals surface area (Å²) in [6.07, 6.45) is 3.28. The Morgan fingerprint density at radius 1 is 1.21 bits per heavy atom. The molecular formula is C18H20N4O2. The maximum Gasteiger partial charge on any atom is 0.158 e. The van der Waals surface area contributed by atoms with Gasteiger partial charge in [-0.15, -0.1) is 10.2 Å². The predicted molar refractivity (Wildman–Crippen MR) is 94.0 cm³/mol. The van der Waals surface area contributed by atoms with Gasteiger partial charge in [0, 0.05) is 42.3 Å². The van der Waals surface area contributed by atoms with Crippen LogP contribution in [0.5, 0.6) is 5.75 Å². The molecule has 0 radical (unpaired) electrons. The number of pyridine rings is 1. The molecule has 0 fully saturated rings. The third-order valence-electron chi connectivity index (χ3n) is 3.70. The van der Waals surface area contributed by atoms with Gasteiger partial charge in [-0.1, -0.05) is 12.1 Å². The molecule has 0 aliphatic carbocycles. The highest BCUT2D eigenvalue weighted by Gasteiger charge is 2.18. The summed E-state index contributed by atoms with van der Waals surface area (Å²) >= 11 is 0. The SMILES string of the molecule is [2H]C([2H])([2H])OC(C)(C)CNc1nnc(-c2ccccc2O)c2ccncc12. The fraction of sp³-hybridized carbons (Fsp3) is 0.278. The first kappa shape index (κ1) is 12.7. The van der Waals surface area contributed by atoms with E-state index in [1.807, 2.05) is 6.07 Å². The van der Waals surface area contributed by atoms with Crippen LogP contribution in [-0.4, -0.2) is 39.5 Å². The molecule has 0 amide bonds. The third-order valence-corrected chi connectivity index (χ3v) is 3.70. The van der Waals surface area contributed by atoms with E-state index in [4.69, 9.17) is 8.85 Å². The lowest BCUT2D eigenvalue weighted by molar-refractivity contribution is 0.0343. The van der Waals surface area contributed by atoms with Crippen LogP contribution in [-0.2, 0) is 4.74 Å². The zero-order valence-corrected chi connectivity index (χ0v) is 13.4. The van der Waals surface area contributed by atoms with E-state index in [9.17, 15) is 5.11 Å². The molecule has 0 aliphatic rings. The third kappa shape index (κ3) is 3.14. The molecule has 0 bridgehead atoms. The number of benzene rings is 1. The summed E-state index contributed by atoms with van der Waals surface area (Å²) in [7, 11) is -2.49. The number of methoxy groups -OCH3 is 1. The smallest absolute Gasteiger partial charge is 0.158 e. The molecule has 1 aromatic carbocycles. The van der Waals surface area contributed by atoms with Gasteiger partial charge in [-0.05, 0) is 32.0 Å². The quantitative estimate of drug-likeness (QED) is 0.749. The molecule has 6 nitrogen and oxygen atoms in total. The molecule has 0 spiro atoms. The topological polar surface area (TPSA) is 80.2 Å². The van der Waals surface area contributed by atoms with Crippen molar-refractivity contribution in [1.29, 1.82) is 0 Å². The Bertz CT molecular complexity index is 961. The van der Waals surface area contributed by atoms with Gasteiger partial charge in [0.2, 0.25) is 0 Å². The Labute approximate surface area is 144 Å². The lowest BCUT2D eigenvalue weighted by Crippen LogP contribution is -2.32. The number of anilines is 1. The monoisotopic (exact) mass is 327 g/mol. The maximum atomic E-state index is 10.1. The van der Waals surface area contributed by atoms with E-state index in [1.165, 1.54) is 0 Å². The van der Waals surface area contributed by atoms with Crippen molar-refractivity contribution >= 4 is 16.6 Å². The van der Waals surface area contributed by atoms with Crippen LogP contribution >= 0.6 is 0 Å². The van der Waals surface area contributed by atoms with Gasteiger partial charge in [-0.3, -0.25) is 4.98 Å². The fourth-order valence-corrected chi connectivity index (χ4v) is 2.33. The normalized spacial score (nSPS) is 14.0. The maximum absolute atomic E-state index is 10.1.